The van der Waals surface area contributed by atoms with Gasteiger partial charge in [0.1, 0.15) is 4.32 Å². The lowest BCUT2D eigenvalue weighted by molar-refractivity contribution is -0.132. The molecule has 1 atom stereocenters. The molecule has 0 saturated carbocycles. The Hall–Kier alpha value is -1.40. The van der Waals surface area contributed by atoms with Crippen LogP contribution in [-0.4, -0.2) is 39.5 Å². The number of ether oxygens (including phenoxy) is 1. The van der Waals surface area contributed by atoms with Crippen LogP contribution in [0.25, 0.3) is 0 Å². The lowest BCUT2D eigenvalue weighted by Gasteiger charge is -2.26. The van der Waals surface area contributed by atoms with Gasteiger partial charge in [-0.15, -0.1) is 0 Å². The topological polar surface area (TPSA) is 46.6 Å². The van der Waals surface area contributed by atoms with Crippen LogP contribution in [0, 0.1) is 5.92 Å². The van der Waals surface area contributed by atoms with Crippen molar-refractivity contribution in [2.75, 3.05) is 12.4 Å². The number of carbonyl (C=O) groups excluding carboxylic acids is 2. The average Bonchev–Trinajstić information content (AvgIpc) is 2.87. The Morgan fingerprint density at radius 1 is 1.38 bits per heavy atom. The molecule has 1 aliphatic heterocycles. The van der Waals surface area contributed by atoms with Crippen LogP contribution in [0.15, 0.2) is 30.3 Å². The summed E-state index contributed by atoms with van der Waals surface area (Å²) in [7, 11) is 0. The number of thioether (sulfide) groups is 1. The summed E-state index contributed by atoms with van der Waals surface area (Å²) in [5, 5.41) is 0. The largest absolute Gasteiger partial charge is 0.452 e. The van der Waals surface area contributed by atoms with Crippen molar-refractivity contribution in [1.82, 2.24) is 4.90 Å². The second-order valence-electron chi connectivity index (χ2n) is 5.09. The Morgan fingerprint density at radius 2 is 2.05 bits per heavy atom. The second-order valence-corrected chi connectivity index (χ2v) is 6.75. The maximum absolute atomic E-state index is 12.3. The fraction of sp³-hybridized carbons (Fsp3) is 0.400. The Kier molecular flexibility index (Phi) is 5.36. The molecule has 1 amide bonds. The highest BCUT2D eigenvalue weighted by Crippen LogP contribution is 2.28. The van der Waals surface area contributed by atoms with E-state index in [1.807, 2.05) is 6.07 Å². The lowest BCUT2D eigenvalue weighted by Crippen LogP contribution is -2.43. The summed E-state index contributed by atoms with van der Waals surface area (Å²) < 4.78 is 5.64. The average molecular weight is 323 g/mol. The molecule has 1 aromatic carbocycles. The molecular weight excluding hydrogens is 306 g/mol. The minimum absolute atomic E-state index is 0.0745. The standard InChI is InChI=1S/C15H17NO3S2/c1-10(2)12-9-21-15(20)16(12)13(17)8-19-14(18)11-6-4-3-5-7-11/h3-7,10,12H,8-9H2,1-2H3/t12-/m1/s1. The first-order chi connectivity index (χ1) is 10.0. The smallest absolute Gasteiger partial charge is 0.338 e. The van der Waals surface area contributed by atoms with Crippen LogP contribution in [0.1, 0.15) is 24.2 Å². The van der Waals surface area contributed by atoms with Gasteiger partial charge in [-0.25, -0.2) is 4.79 Å². The monoisotopic (exact) mass is 323 g/mol. The molecule has 1 fully saturated rings. The van der Waals surface area contributed by atoms with Crippen LogP contribution in [0.5, 0.6) is 0 Å². The summed E-state index contributed by atoms with van der Waals surface area (Å²) in [4.78, 5) is 25.7. The van der Waals surface area contributed by atoms with Crippen molar-refractivity contribution in [3.05, 3.63) is 35.9 Å². The third-order valence-electron chi connectivity index (χ3n) is 3.28. The van der Waals surface area contributed by atoms with Crippen molar-refractivity contribution in [1.29, 1.82) is 0 Å². The molecule has 1 saturated heterocycles. The summed E-state index contributed by atoms with van der Waals surface area (Å²) in [6.45, 7) is 3.82. The molecule has 0 radical (unpaired) electrons. The minimum Gasteiger partial charge on any atom is -0.452 e. The number of esters is 1. The molecule has 0 aromatic heterocycles. The molecule has 1 aliphatic rings. The highest BCUT2D eigenvalue weighted by atomic mass is 32.2. The van der Waals surface area contributed by atoms with E-state index < -0.39 is 5.97 Å². The van der Waals surface area contributed by atoms with Crippen LogP contribution >= 0.6 is 24.0 Å². The van der Waals surface area contributed by atoms with Crippen molar-refractivity contribution in [2.45, 2.75) is 19.9 Å². The van der Waals surface area contributed by atoms with Gasteiger partial charge in [0.2, 0.25) is 0 Å². The van der Waals surface area contributed by atoms with Gasteiger partial charge in [0.05, 0.1) is 11.6 Å². The van der Waals surface area contributed by atoms with E-state index in [9.17, 15) is 9.59 Å². The summed E-state index contributed by atoms with van der Waals surface area (Å²) >= 11 is 6.71. The highest BCUT2D eigenvalue weighted by molar-refractivity contribution is 8.23. The van der Waals surface area contributed by atoms with E-state index in [-0.39, 0.29) is 18.6 Å². The van der Waals surface area contributed by atoms with E-state index in [4.69, 9.17) is 17.0 Å². The number of nitrogens with zero attached hydrogens (tertiary/aromatic N) is 1. The van der Waals surface area contributed by atoms with Gasteiger partial charge >= 0.3 is 5.97 Å². The third-order valence-corrected chi connectivity index (χ3v) is 4.78. The zero-order valence-electron chi connectivity index (χ0n) is 11.9. The number of rotatable bonds is 4. The maximum Gasteiger partial charge on any atom is 0.338 e. The molecule has 112 valence electrons. The lowest BCUT2D eigenvalue weighted by atomic mass is 10.1. The summed E-state index contributed by atoms with van der Waals surface area (Å²) in [6, 6.07) is 8.69. The van der Waals surface area contributed by atoms with Gasteiger partial charge in [0.15, 0.2) is 6.61 Å². The number of hydrogen-bond acceptors (Lipinski definition) is 5. The van der Waals surface area contributed by atoms with Gasteiger partial charge in [0, 0.05) is 5.75 Å². The van der Waals surface area contributed by atoms with E-state index in [2.05, 4.69) is 13.8 Å². The first kappa shape index (κ1) is 16.0. The van der Waals surface area contributed by atoms with E-state index in [0.29, 0.717) is 15.8 Å². The molecule has 0 unspecified atom stereocenters. The number of hydrogen-bond donors (Lipinski definition) is 0. The Labute approximate surface area is 133 Å². The normalized spacial score (nSPS) is 18.1. The maximum atomic E-state index is 12.3. The predicted octanol–water partition coefficient (Wildman–Crippen LogP) is 2.73. The molecule has 0 N–H and O–H groups in total. The molecule has 2 rings (SSSR count). The zero-order valence-corrected chi connectivity index (χ0v) is 13.6. The number of thiocarbonyl (C=S) groups is 1. The number of amides is 1. The van der Waals surface area contributed by atoms with Crippen LogP contribution in [0.2, 0.25) is 0 Å². The molecule has 0 aliphatic carbocycles. The molecule has 6 heteroatoms. The minimum atomic E-state index is -0.497. The Bertz CT molecular complexity index is 545. The predicted molar refractivity (Wildman–Crippen MR) is 87.3 cm³/mol. The molecule has 4 nitrogen and oxygen atoms in total. The van der Waals surface area contributed by atoms with Crippen LogP contribution < -0.4 is 0 Å². The van der Waals surface area contributed by atoms with Gasteiger partial charge in [-0.2, -0.15) is 0 Å². The van der Waals surface area contributed by atoms with Gasteiger partial charge in [-0.05, 0) is 18.1 Å². The molecule has 0 bridgehead atoms. The SMILES string of the molecule is CC(C)[C@H]1CSC(=S)N1C(=O)COC(=O)c1ccccc1. The zero-order chi connectivity index (χ0) is 15.4. The first-order valence-electron chi connectivity index (χ1n) is 6.71. The van der Waals surface area contributed by atoms with E-state index in [0.717, 1.165) is 5.75 Å². The van der Waals surface area contributed by atoms with Gasteiger partial charge in [0.25, 0.3) is 5.91 Å². The molecule has 0 spiro atoms. The fourth-order valence-corrected chi connectivity index (χ4v) is 3.73. The molecule has 1 aromatic rings. The van der Waals surface area contributed by atoms with Crippen molar-refractivity contribution in [3.8, 4) is 0 Å². The number of carbonyl (C=O) groups is 2. The third kappa shape index (κ3) is 3.83. The fourth-order valence-electron chi connectivity index (χ4n) is 2.07. The Morgan fingerprint density at radius 3 is 2.67 bits per heavy atom. The van der Waals surface area contributed by atoms with Crippen molar-refractivity contribution >= 4 is 40.2 Å². The summed E-state index contributed by atoms with van der Waals surface area (Å²) in [5.41, 5.74) is 0.434. The van der Waals surface area contributed by atoms with Gasteiger partial charge < -0.3 is 4.74 Å². The van der Waals surface area contributed by atoms with Crippen molar-refractivity contribution in [3.63, 3.8) is 0 Å². The molecular formula is C15H17NO3S2. The van der Waals surface area contributed by atoms with Crippen LogP contribution in [0.4, 0.5) is 0 Å². The van der Waals surface area contributed by atoms with Crippen LogP contribution in [-0.2, 0) is 9.53 Å². The van der Waals surface area contributed by atoms with E-state index in [1.165, 1.54) is 11.8 Å². The quantitative estimate of drug-likeness (QED) is 0.630. The van der Waals surface area contributed by atoms with E-state index >= 15 is 0 Å². The van der Waals surface area contributed by atoms with Gasteiger partial charge in [-0.3, -0.25) is 9.69 Å². The summed E-state index contributed by atoms with van der Waals surface area (Å²) in [5.74, 6) is 0.358. The number of benzene rings is 1. The molecule has 1 heterocycles. The van der Waals surface area contributed by atoms with Crippen LogP contribution in [0.3, 0.4) is 0 Å². The summed E-state index contributed by atoms with van der Waals surface area (Å²) in [6.07, 6.45) is 0. The van der Waals surface area contributed by atoms with Gasteiger partial charge in [-0.1, -0.05) is 56.0 Å². The van der Waals surface area contributed by atoms with E-state index in [1.54, 1.807) is 29.2 Å². The van der Waals surface area contributed by atoms with Crippen molar-refractivity contribution in [2.24, 2.45) is 5.92 Å². The van der Waals surface area contributed by atoms with Crippen molar-refractivity contribution < 1.29 is 14.3 Å². The first-order valence-corrected chi connectivity index (χ1v) is 8.11. The Balaban J connectivity index is 1.95. The molecule has 21 heavy (non-hydrogen) atoms. The highest BCUT2D eigenvalue weighted by Gasteiger charge is 2.35. The second kappa shape index (κ2) is 7.04.